The van der Waals surface area contributed by atoms with E-state index in [1.54, 1.807) is 11.6 Å². The molecule has 0 saturated carbocycles. The van der Waals surface area contributed by atoms with E-state index >= 15 is 0 Å². The molecule has 0 aliphatic carbocycles. The molecule has 0 amide bonds. The Balaban J connectivity index is 2.68. The van der Waals surface area contributed by atoms with E-state index in [4.69, 9.17) is 4.74 Å². The first kappa shape index (κ1) is 11.4. The summed E-state index contributed by atoms with van der Waals surface area (Å²) in [5, 5.41) is 4.34. The molecule has 2 aromatic rings. The predicted molar refractivity (Wildman–Crippen MR) is 65.0 cm³/mol. The van der Waals surface area contributed by atoms with Gasteiger partial charge in [-0.1, -0.05) is 18.2 Å². The normalized spacial score (nSPS) is 10.3. The van der Waals surface area contributed by atoms with Crippen molar-refractivity contribution in [1.29, 1.82) is 0 Å². The maximum atomic E-state index is 11.0. The predicted octanol–water partition coefficient (Wildman–Crippen LogP) is 2.31. The molecule has 0 N–H and O–H groups in total. The molecule has 4 heteroatoms. The lowest BCUT2D eigenvalue weighted by atomic mass is 10.2. The third-order valence-corrected chi connectivity index (χ3v) is 2.72. The van der Waals surface area contributed by atoms with Crippen LogP contribution in [0.15, 0.2) is 24.3 Å². The van der Waals surface area contributed by atoms with Crippen molar-refractivity contribution in [3.05, 3.63) is 41.1 Å². The van der Waals surface area contributed by atoms with Crippen LogP contribution in [0.25, 0.3) is 5.69 Å². The molecular formula is C13H14N2O2. The molecule has 0 bridgehead atoms. The molecule has 1 heterocycles. The Labute approximate surface area is 99.8 Å². The lowest BCUT2D eigenvalue weighted by Gasteiger charge is -2.08. The van der Waals surface area contributed by atoms with Gasteiger partial charge < -0.3 is 4.74 Å². The summed E-state index contributed by atoms with van der Waals surface area (Å²) in [6.45, 7) is 3.79. The highest BCUT2D eigenvalue weighted by Crippen LogP contribution is 2.25. The zero-order chi connectivity index (χ0) is 12.4. The Morgan fingerprint density at radius 3 is 2.59 bits per heavy atom. The number of para-hydroxylation sites is 1. The lowest BCUT2D eigenvalue weighted by molar-refractivity contribution is 0.112. The Morgan fingerprint density at radius 1 is 1.29 bits per heavy atom. The second kappa shape index (κ2) is 4.41. The number of carbonyl (C=O) groups is 1. The Bertz CT molecular complexity index is 559. The van der Waals surface area contributed by atoms with E-state index in [0.717, 1.165) is 17.5 Å². The van der Waals surface area contributed by atoms with Crippen LogP contribution < -0.4 is 4.74 Å². The first-order valence-electron chi connectivity index (χ1n) is 5.33. The van der Waals surface area contributed by atoms with Gasteiger partial charge in [-0.2, -0.15) is 9.78 Å². The zero-order valence-corrected chi connectivity index (χ0v) is 10.1. The molecule has 0 fully saturated rings. The number of aryl methyl sites for hydroxylation is 2. The van der Waals surface area contributed by atoms with Crippen molar-refractivity contribution in [2.45, 2.75) is 13.8 Å². The highest BCUT2D eigenvalue weighted by atomic mass is 16.5. The molecule has 4 nitrogen and oxygen atoms in total. The van der Waals surface area contributed by atoms with Crippen LogP contribution in [0.4, 0.5) is 0 Å². The summed E-state index contributed by atoms with van der Waals surface area (Å²) in [6.07, 6.45) is 0.774. The first-order chi connectivity index (χ1) is 8.19. The van der Waals surface area contributed by atoms with Gasteiger partial charge in [0.1, 0.15) is 0 Å². The number of rotatable bonds is 3. The summed E-state index contributed by atoms with van der Waals surface area (Å²) >= 11 is 0. The molecule has 1 aromatic heterocycles. The van der Waals surface area contributed by atoms with Gasteiger partial charge in [0.05, 0.1) is 24.1 Å². The van der Waals surface area contributed by atoms with E-state index < -0.39 is 0 Å². The zero-order valence-electron chi connectivity index (χ0n) is 10.1. The highest BCUT2D eigenvalue weighted by molar-refractivity contribution is 5.80. The Hall–Kier alpha value is -2.10. The molecule has 0 aliphatic rings. The third-order valence-electron chi connectivity index (χ3n) is 2.72. The average molecular weight is 230 g/mol. The number of benzene rings is 1. The quantitative estimate of drug-likeness (QED) is 0.760. The second-order valence-electron chi connectivity index (χ2n) is 3.82. The number of carbonyl (C=O) groups excluding carboxylic acids is 1. The van der Waals surface area contributed by atoms with Crippen LogP contribution in [0.2, 0.25) is 0 Å². The number of ether oxygens (including phenoxy) is 1. The fraction of sp³-hybridized carbons (Fsp3) is 0.231. The molecule has 0 aliphatic heterocycles. The van der Waals surface area contributed by atoms with Gasteiger partial charge >= 0.3 is 0 Å². The van der Waals surface area contributed by atoms with Crippen LogP contribution in [0.3, 0.4) is 0 Å². The van der Waals surface area contributed by atoms with Crippen molar-refractivity contribution in [2.24, 2.45) is 0 Å². The Kier molecular flexibility index (Phi) is 2.95. The van der Waals surface area contributed by atoms with E-state index in [9.17, 15) is 4.79 Å². The SMILES string of the molecule is COc1c(C=O)c(C)nn1-c1ccccc1C. The van der Waals surface area contributed by atoms with Crippen LogP contribution >= 0.6 is 0 Å². The molecule has 2 rings (SSSR count). The van der Waals surface area contributed by atoms with Crippen molar-refractivity contribution in [2.75, 3.05) is 7.11 Å². The van der Waals surface area contributed by atoms with Crippen molar-refractivity contribution < 1.29 is 9.53 Å². The minimum atomic E-state index is 0.479. The third kappa shape index (κ3) is 1.82. The maximum absolute atomic E-state index is 11.0. The molecule has 1 aromatic carbocycles. The van der Waals surface area contributed by atoms with Crippen LogP contribution in [0, 0.1) is 13.8 Å². The maximum Gasteiger partial charge on any atom is 0.227 e. The summed E-state index contributed by atoms with van der Waals surface area (Å²) in [5.74, 6) is 0.479. The van der Waals surface area contributed by atoms with E-state index in [1.165, 1.54) is 7.11 Å². The fourth-order valence-corrected chi connectivity index (χ4v) is 1.81. The van der Waals surface area contributed by atoms with Crippen LogP contribution in [0.1, 0.15) is 21.6 Å². The minimum absolute atomic E-state index is 0.479. The topological polar surface area (TPSA) is 44.1 Å². The van der Waals surface area contributed by atoms with Crippen molar-refractivity contribution in [1.82, 2.24) is 9.78 Å². The number of aromatic nitrogens is 2. The number of nitrogens with zero attached hydrogens (tertiary/aromatic N) is 2. The monoisotopic (exact) mass is 230 g/mol. The van der Waals surface area contributed by atoms with Crippen molar-refractivity contribution >= 4 is 6.29 Å². The van der Waals surface area contributed by atoms with E-state index in [2.05, 4.69) is 5.10 Å². The standard InChI is InChI=1S/C13H14N2O2/c1-9-6-4-5-7-12(9)15-13(17-3)11(8-16)10(2)14-15/h4-8H,1-3H3. The second-order valence-corrected chi connectivity index (χ2v) is 3.82. The van der Waals surface area contributed by atoms with E-state index in [0.29, 0.717) is 17.1 Å². The summed E-state index contributed by atoms with van der Waals surface area (Å²) in [5.41, 5.74) is 3.15. The van der Waals surface area contributed by atoms with Crippen LogP contribution in [0.5, 0.6) is 5.88 Å². The van der Waals surface area contributed by atoms with Crippen LogP contribution in [-0.4, -0.2) is 23.2 Å². The first-order valence-corrected chi connectivity index (χ1v) is 5.33. The van der Waals surface area contributed by atoms with Gasteiger partial charge in [-0.05, 0) is 25.5 Å². The molecule has 0 unspecified atom stereocenters. The Morgan fingerprint density at radius 2 is 2.00 bits per heavy atom. The van der Waals surface area contributed by atoms with Gasteiger partial charge in [-0.3, -0.25) is 4.79 Å². The van der Waals surface area contributed by atoms with Crippen molar-refractivity contribution in [3.8, 4) is 11.6 Å². The van der Waals surface area contributed by atoms with Crippen molar-refractivity contribution in [3.63, 3.8) is 0 Å². The van der Waals surface area contributed by atoms with E-state index in [-0.39, 0.29) is 0 Å². The molecular weight excluding hydrogens is 216 g/mol. The molecule has 0 spiro atoms. The summed E-state index contributed by atoms with van der Waals surface area (Å²) in [7, 11) is 1.54. The van der Waals surface area contributed by atoms with Crippen LogP contribution in [-0.2, 0) is 0 Å². The average Bonchev–Trinajstić information content (AvgIpc) is 2.65. The molecule has 0 radical (unpaired) electrons. The summed E-state index contributed by atoms with van der Waals surface area (Å²) < 4.78 is 6.93. The molecule has 88 valence electrons. The van der Waals surface area contributed by atoms with Gasteiger partial charge in [0.15, 0.2) is 6.29 Å². The number of aldehydes is 1. The molecule has 0 atom stereocenters. The molecule has 0 saturated heterocycles. The summed E-state index contributed by atoms with van der Waals surface area (Å²) in [4.78, 5) is 11.0. The number of hydrogen-bond donors (Lipinski definition) is 0. The molecule has 17 heavy (non-hydrogen) atoms. The smallest absolute Gasteiger partial charge is 0.227 e. The minimum Gasteiger partial charge on any atom is -0.480 e. The van der Waals surface area contributed by atoms with Gasteiger partial charge in [0.2, 0.25) is 5.88 Å². The highest BCUT2D eigenvalue weighted by Gasteiger charge is 2.17. The number of methoxy groups -OCH3 is 1. The van der Waals surface area contributed by atoms with Gasteiger partial charge in [-0.25, -0.2) is 0 Å². The fourth-order valence-electron chi connectivity index (χ4n) is 1.81. The van der Waals surface area contributed by atoms with Gasteiger partial charge in [0, 0.05) is 0 Å². The van der Waals surface area contributed by atoms with E-state index in [1.807, 2.05) is 31.2 Å². The largest absolute Gasteiger partial charge is 0.480 e. The summed E-state index contributed by atoms with van der Waals surface area (Å²) in [6, 6.07) is 7.83. The van der Waals surface area contributed by atoms with Gasteiger partial charge in [-0.15, -0.1) is 0 Å². The van der Waals surface area contributed by atoms with Gasteiger partial charge in [0.25, 0.3) is 0 Å². The number of hydrogen-bond acceptors (Lipinski definition) is 3. The lowest BCUT2D eigenvalue weighted by Crippen LogP contribution is -2.02.